The van der Waals surface area contributed by atoms with Gasteiger partial charge in [0, 0.05) is 12.3 Å². The van der Waals surface area contributed by atoms with E-state index in [-0.39, 0.29) is 11.9 Å². The number of aromatic amines is 1. The highest BCUT2D eigenvalue weighted by Crippen LogP contribution is 2.47. The fourth-order valence-corrected chi connectivity index (χ4v) is 5.32. The average molecular weight is 614 g/mol. The maximum atomic E-state index is 15.5. The van der Waals surface area contributed by atoms with Crippen molar-refractivity contribution in [3.63, 3.8) is 0 Å². The summed E-state index contributed by atoms with van der Waals surface area (Å²) in [5.74, 6) is -0.573. The SMILES string of the molecule is C/C=C/c1ccc(OP(=O)(N[C@@H](C)C(=O)OC(C)C)OC[C@H]2O[C@@H](n3ccc(=O)[nH]c3=O)[C@](C)(F)[C@@H]2O)cc1.O=C=O. The van der Waals surface area contributed by atoms with Gasteiger partial charge in [0.05, 0.1) is 12.7 Å². The summed E-state index contributed by atoms with van der Waals surface area (Å²) in [6.07, 6.45) is -0.311. The second kappa shape index (κ2) is 15.0. The average Bonchev–Trinajstić information content (AvgIpc) is 3.12. The highest BCUT2D eigenvalue weighted by Gasteiger charge is 2.56. The van der Waals surface area contributed by atoms with Crippen LogP contribution in [0.3, 0.4) is 0 Å². The first-order valence-electron chi connectivity index (χ1n) is 12.7. The summed E-state index contributed by atoms with van der Waals surface area (Å²) in [6, 6.07) is 6.38. The monoisotopic (exact) mass is 613 g/mol. The Balaban J connectivity index is 0.00000197. The van der Waals surface area contributed by atoms with E-state index in [9.17, 15) is 24.1 Å². The van der Waals surface area contributed by atoms with E-state index < -0.39 is 67.8 Å². The van der Waals surface area contributed by atoms with Crippen LogP contribution in [0.4, 0.5) is 4.39 Å². The molecule has 2 heterocycles. The molecule has 0 bridgehead atoms. The highest BCUT2D eigenvalue weighted by molar-refractivity contribution is 7.52. The molecule has 16 heteroatoms. The van der Waals surface area contributed by atoms with Gasteiger partial charge in [0.1, 0.15) is 24.0 Å². The molecular formula is C26H33FN3O11P. The number of esters is 1. The highest BCUT2D eigenvalue weighted by atomic mass is 31.2. The Morgan fingerprint density at radius 3 is 2.43 bits per heavy atom. The molecule has 1 fully saturated rings. The molecule has 6 atom stereocenters. The third-order valence-electron chi connectivity index (χ3n) is 5.75. The van der Waals surface area contributed by atoms with E-state index in [1.165, 1.54) is 6.92 Å². The van der Waals surface area contributed by atoms with Gasteiger partial charge < -0.3 is 19.1 Å². The third kappa shape index (κ3) is 9.15. The number of hydrogen-bond donors (Lipinski definition) is 3. The summed E-state index contributed by atoms with van der Waals surface area (Å²) in [6.45, 7) is 6.93. The molecule has 2 aromatic rings. The number of aliphatic hydroxyl groups excluding tert-OH is 1. The van der Waals surface area contributed by atoms with Gasteiger partial charge in [0.25, 0.3) is 5.56 Å². The number of carbonyl (C=O) groups is 1. The Morgan fingerprint density at radius 2 is 1.88 bits per heavy atom. The standard InChI is InChI=1S/C25H33FN3O9P.CO2/c1-6-7-17-8-10-18(11-9-17)38-39(34,28-16(4)22(32)36-15(2)3)35-14-19-21(31)25(5,26)23(37-19)29-13-12-20(30)27-24(29)33;2-1-3/h6-13,15-16,19,21,23,31H,14H2,1-5H3,(H,28,34)(H,27,30,33);/b7-6+;/t16-,19+,21+,23+,25+,39?;/m0./s1. The zero-order chi connectivity index (χ0) is 31.7. The fourth-order valence-electron chi connectivity index (χ4n) is 3.82. The Hall–Kier alpha value is -3.71. The number of nitrogens with one attached hydrogen (secondary N) is 2. The number of halogens is 1. The minimum atomic E-state index is -4.35. The minimum Gasteiger partial charge on any atom is -0.462 e. The molecule has 1 unspecified atom stereocenters. The number of carbonyl (C=O) groups excluding carboxylic acids is 3. The smallest absolute Gasteiger partial charge is 0.459 e. The molecule has 0 radical (unpaired) electrons. The van der Waals surface area contributed by atoms with Gasteiger partial charge in [-0.25, -0.2) is 13.8 Å². The summed E-state index contributed by atoms with van der Waals surface area (Å²) in [7, 11) is -4.35. The molecule has 1 aromatic heterocycles. The van der Waals surface area contributed by atoms with Crippen LogP contribution in [-0.2, 0) is 32.9 Å². The summed E-state index contributed by atoms with van der Waals surface area (Å²) in [4.78, 5) is 54.2. The summed E-state index contributed by atoms with van der Waals surface area (Å²) in [5.41, 5.74) is -3.27. The van der Waals surface area contributed by atoms with E-state index in [2.05, 4.69) is 5.09 Å². The fraction of sp³-hybridized carbons (Fsp3) is 0.462. The number of aliphatic hydroxyl groups is 1. The lowest BCUT2D eigenvalue weighted by Gasteiger charge is -2.25. The molecule has 0 amide bonds. The first kappa shape index (κ1) is 34.5. The van der Waals surface area contributed by atoms with Gasteiger partial charge in [-0.3, -0.25) is 23.7 Å². The second-order valence-corrected chi connectivity index (χ2v) is 11.2. The Labute approximate surface area is 240 Å². The predicted octanol–water partition coefficient (Wildman–Crippen LogP) is 2.11. The molecule has 230 valence electrons. The zero-order valence-corrected chi connectivity index (χ0v) is 24.4. The number of aromatic nitrogens is 2. The van der Waals surface area contributed by atoms with Crippen molar-refractivity contribution >= 4 is 25.9 Å². The summed E-state index contributed by atoms with van der Waals surface area (Å²) < 4.78 is 51.9. The van der Waals surface area contributed by atoms with Gasteiger partial charge >= 0.3 is 25.6 Å². The van der Waals surface area contributed by atoms with E-state index in [1.54, 1.807) is 38.1 Å². The number of H-pyrrole nitrogens is 1. The van der Waals surface area contributed by atoms with E-state index in [1.807, 2.05) is 24.1 Å². The quantitative estimate of drug-likeness (QED) is 0.247. The molecule has 3 rings (SSSR count). The first-order chi connectivity index (χ1) is 19.7. The van der Waals surface area contributed by atoms with Crippen molar-refractivity contribution in [1.82, 2.24) is 14.6 Å². The number of nitrogens with zero attached hydrogens (tertiary/aromatic N) is 1. The van der Waals surface area contributed by atoms with Crippen LogP contribution in [0.5, 0.6) is 5.75 Å². The lowest BCUT2D eigenvalue weighted by molar-refractivity contribution is -0.191. The van der Waals surface area contributed by atoms with E-state index in [0.29, 0.717) is 0 Å². The van der Waals surface area contributed by atoms with Crippen molar-refractivity contribution in [2.45, 2.75) is 70.9 Å². The lowest BCUT2D eigenvalue weighted by atomic mass is 9.98. The summed E-state index contributed by atoms with van der Waals surface area (Å²) >= 11 is 0. The number of allylic oxidation sites excluding steroid dienone is 1. The van der Waals surface area contributed by atoms with E-state index in [4.69, 9.17) is 28.1 Å². The molecule has 14 nitrogen and oxygen atoms in total. The van der Waals surface area contributed by atoms with Gasteiger partial charge in [-0.05, 0) is 52.3 Å². The molecule has 1 aliphatic rings. The number of ether oxygens (including phenoxy) is 2. The molecule has 0 spiro atoms. The van der Waals surface area contributed by atoms with Crippen molar-refractivity contribution in [2.75, 3.05) is 6.61 Å². The van der Waals surface area contributed by atoms with Gasteiger partial charge in [0.15, 0.2) is 11.9 Å². The molecule has 0 aliphatic carbocycles. The topological polar surface area (TPSA) is 192 Å². The third-order valence-corrected chi connectivity index (χ3v) is 7.40. The van der Waals surface area contributed by atoms with Crippen LogP contribution >= 0.6 is 7.75 Å². The van der Waals surface area contributed by atoms with Crippen molar-refractivity contribution in [3.05, 3.63) is 69.0 Å². The lowest BCUT2D eigenvalue weighted by Crippen LogP contribution is -2.43. The number of alkyl halides is 1. The van der Waals surface area contributed by atoms with E-state index in [0.717, 1.165) is 29.3 Å². The van der Waals surface area contributed by atoms with Crippen molar-refractivity contribution in [1.29, 1.82) is 0 Å². The van der Waals surface area contributed by atoms with E-state index >= 15 is 4.39 Å². The van der Waals surface area contributed by atoms with Crippen LogP contribution in [0, 0.1) is 0 Å². The van der Waals surface area contributed by atoms with Crippen molar-refractivity contribution in [3.8, 4) is 5.75 Å². The molecule has 1 aromatic carbocycles. The predicted molar refractivity (Wildman–Crippen MR) is 145 cm³/mol. The van der Waals surface area contributed by atoms with Crippen LogP contribution in [0.2, 0.25) is 0 Å². The van der Waals surface area contributed by atoms with Gasteiger partial charge in [-0.15, -0.1) is 0 Å². The molecule has 42 heavy (non-hydrogen) atoms. The number of benzene rings is 1. The molecule has 0 saturated carbocycles. The largest absolute Gasteiger partial charge is 0.462 e. The van der Waals surface area contributed by atoms with Gasteiger partial charge in [0.2, 0.25) is 0 Å². The van der Waals surface area contributed by atoms with Crippen LogP contribution in [-0.4, -0.2) is 63.4 Å². The molecule has 1 saturated heterocycles. The Morgan fingerprint density at radius 1 is 1.26 bits per heavy atom. The maximum absolute atomic E-state index is 15.5. The van der Waals surface area contributed by atoms with Crippen LogP contribution in [0.25, 0.3) is 6.08 Å². The van der Waals surface area contributed by atoms with Gasteiger partial charge in [-0.1, -0.05) is 24.3 Å². The molecular weight excluding hydrogens is 580 g/mol. The first-order valence-corrected chi connectivity index (χ1v) is 14.2. The number of hydrogen-bond acceptors (Lipinski definition) is 11. The summed E-state index contributed by atoms with van der Waals surface area (Å²) in [5, 5.41) is 13.1. The van der Waals surface area contributed by atoms with Crippen LogP contribution in [0.1, 0.15) is 46.4 Å². The number of rotatable bonds is 11. The molecule has 1 aliphatic heterocycles. The van der Waals surface area contributed by atoms with Crippen LogP contribution < -0.4 is 20.9 Å². The Bertz CT molecular complexity index is 1430. The molecule has 3 N–H and O–H groups in total. The zero-order valence-electron chi connectivity index (χ0n) is 23.5. The van der Waals surface area contributed by atoms with Crippen molar-refractivity contribution in [2.24, 2.45) is 0 Å². The van der Waals surface area contributed by atoms with Crippen molar-refractivity contribution < 1.29 is 47.0 Å². The normalized spacial score (nSPS) is 23.9. The Kier molecular flexibility index (Phi) is 12.3. The van der Waals surface area contributed by atoms with Crippen LogP contribution in [0.15, 0.2) is 52.2 Å². The second-order valence-electron chi connectivity index (χ2n) is 9.51. The minimum absolute atomic E-state index is 0.143. The van der Waals surface area contributed by atoms with Gasteiger partial charge in [-0.2, -0.15) is 14.7 Å². The maximum Gasteiger partial charge on any atom is 0.459 e.